The SMILES string of the molecule is CC(C)Cn1cc(-c2ccccc2-c2nc3cc(Nc4ncccn4)ccc3n2C(C)(C)C)cn1. The third-order valence-electron chi connectivity index (χ3n) is 5.81. The number of nitrogens with one attached hydrogen (secondary N) is 1. The topological polar surface area (TPSA) is 73.5 Å². The summed E-state index contributed by atoms with van der Waals surface area (Å²) in [7, 11) is 0. The van der Waals surface area contributed by atoms with E-state index in [4.69, 9.17) is 4.98 Å². The summed E-state index contributed by atoms with van der Waals surface area (Å²) < 4.78 is 4.34. The highest BCUT2D eigenvalue weighted by atomic mass is 15.3. The molecule has 0 unspecified atom stereocenters. The summed E-state index contributed by atoms with van der Waals surface area (Å²) in [6, 6.07) is 16.5. The first-order valence-electron chi connectivity index (χ1n) is 12.0. The highest BCUT2D eigenvalue weighted by molar-refractivity contribution is 5.88. The minimum absolute atomic E-state index is 0.170. The second-order valence-corrected chi connectivity index (χ2v) is 10.2. The van der Waals surface area contributed by atoms with Crippen molar-refractivity contribution < 1.29 is 0 Å². The van der Waals surface area contributed by atoms with E-state index in [0.717, 1.165) is 45.8 Å². The van der Waals surface area contributed by atoms with Crippen molar-refractivity contribution in [2.24, 2.45) is 5.92 Å². The van der Waals surface area contributed by atoms with Gasteiger partial charge in [0.1, 0.15) is 5.82 Å². The zero-order chi connectivity index (χ0) is 24.6. The Balaban J connectivity index is 1.63. The molecule has 7 nitrogen and oxygen atoms in total. The van der Waals surface area contributed by atoms with Crippen LogP contribution in [0.5, 0.6) is 0 Å². The minimum atomic E-state index is -0.170. The van der Waals surface area contributed by atoms with Gasteiger partial charge in [-0.1, -0.05) is 38.1 Å². The molecule has 0 radical (unpaired) electrons. The summed E-state index contributed by atoms with van der Waals surface area (Å²) in [5.41, 5.74) is 6.03. The molecular formula is C28H31N7. The number of rotatable bonds is 6. The van der Waals surface area contributed by atoms with Crippen LogP contribution in [0.2, 0.25) is 0 Å². The molecule has 0 aliphatic heterocycles. The summed E-state index contributed by atoms with van der Waals surface area (Å²) >= 11 is 0. The predicted octanol–water partition coefficient (Wildman–Crippen LogP) is 6.51. The third-order valence-corrected chi connectivity index (χ3v) is 5.81. The second kappa shape index (κ2) is 8.98. The lowest BCUT2D eigenvalue weighted by Crippen LogP contribution is -2.22. The number of nitrogens with zero attached hydrogens (tertiary/aromatic N) is 6. The Hall–Kier alpha value is -4.00. The number of fused-ring (bicyclic) bond motifs is 1. The molecule has 0 aliphatic rings. The van der Waals surface area contributed by atoms with Gasteiger partial charge in [-0.3, -0.25) is 4.68 Å². The molecule has 5 rings (SSSR count). The van der Waals surface area contributed by atoms with Gasteiger partial charge in [-0.2, -0.15) is 5.10 Å². The van der Waals surface area contributed by atoms with E-state index in [9.17, 15) is 0 Å². The third kappa shape index (κ3) is 4.67. The zero-order valence-corrected chi connectivity index (χ0v) is 20.9. The van der Waals surface area contributed by atoms with Crippen molar-refractivity contribution in [2.75, 3.05) is 5.32 Å². The van der Waals surface area contributed by atoms with E-state index in [-0.39, 0.29) is 5.54 Å². The van der Waals surface area contributed by atoms with E-state index in [1.807, 2.05) is 16.9 Å². The van der Waals surface area contributed by atoms with E-state index >= 15 is 0 Å². The Bertz CT molecular complexity index is 1460. The maximum absolute atomic E-state index is 5.15. The molecule has 0 saturated carbocycles. The monoisotopic (exact) mass is 465 g/mol. The van der Waals surface area contributed by atoms with Crippen LogP contribution in [0.4, 0.5) is 11.6 Å². The maximum atomic E-state index is 5.15. The quantitative estimate of drug-likeness (QED) is 0.309. The largest absolute Gasteiger partial charge is 0.324 e. The number of benzene rings is 2. The molecule has 178 valence electrons. The Morgan fingerprint density at radius 2 is 1.69 bits per heavy atom. The number of hydrogen-bond donors (Lipinski definition) is 1. The predicted molar refractivity (Wildman–Crippen MR) is 142 cm³/mol. The number of anilines is 2. The van der Waals surface area contributed by atoms with Gasteiger partial charge in [-0.05, 0) is 56.5 Å². The maximum Gasteiger partial charge on any atom is 0.227 e. The van der Waals surface area contributed by atoms with Crippen molar-refractivity contribution in [3.8, 4) is 22.5 Å². The summed E-state index contributed by atoms with van der Waals surface area (Å²) in [5, 5.41) is 7.88. The van der Waals surface area contributed by atoms with E-state index in [2.05, 4.69) is 102 Å². The molecular weight excluding hydrogens is 434 g/mol. The molecule has 0 fully saturated rings. The fraction of sp³-hybridized carbons (Fsp3) is 0.286. The van der Waals surface area contributed by atoms with Crippen LogP contribution in [0.3, 0.4) is 0 Å². The van der Waals surface area contributed by atoms with E-state index in [1.54, 1.807) is 18.5 Å². The first-order valence-corrected chi connectivity index (χ1v) is 12.0. The fourth-order valence-electron chi connectivity index (χ4n) is 4.42. The Morgan fingerprint density at radius 3 is 2.40 bits per heavy atom. The van der Waals surface area contributed by atoms with Gasteiger partial charge in [-0.25, -0.2) is 15.0 Å². The molecule has 0 amide bonds. The summed E-state index contributed by atoms with van der Waals surface area (Å²) in [5.74, 6) is 2.03. The highest BCUT2D eigenvalue weighted by Gasteiger charge is 2.24. The van der Waals surface area contributed by atoms with Crippen molar-refractivity contribution >= 4 is 22.7 Å². The molecule has 0 atom stereocenters. The van der Waals surface area contributed by atoms with Gasteiger partial charge in [0, 0.05) is 47.5 Å². The lowest BCUT2D eigenvalue weighted by molar-refractivity contribution is 0.413. The molecule has 5 aromatic rings. The lowest BCUT2D eigenvalue weighted by atomic mass is 10.0. The summed E-state index contributed by atoms with van der Waals surface area (Å²) in [6.45, 7) is 11.9. The summed E-state index contributed by atoms with van der Waals surface area (Å²) in [6.07, 6.45) is 7.53. The van der Waals surface area contributed by atoms with Gasteiger partial charge in [0.25, 0.3) is 0 Å². The molecule has 0 saturated heterocycles. The first-order chi connectivity index (χ1) is 16.8. The van der Waals surface area contributed by atoms with E-state index < -0.39 is 0 Å². The van der Waals surface area contributed by atoms with Gasteiger partial charge in [-0.15, -0.1) is 0 Å². The number of aromatic nitrogens is 6. The van der Waals surface area contributed by atoms with Gasteiger partial charge < -0.3 is 9.88 Å². The van der Waals surface area contributed by atoms with Crippen LogP contribution in [0, 0.1) is 5.92 Å². The van der Waals surface area contributed by atoms with Crippen molar-refractivity contribution in [3.05, 3.63) is 73.3 Å². The fourth-order valence-corrected chi connectivity index (χ4v) is 4.42. The zero-order valence-electron chi connectivity index (χ0n) is 20.9. The number of hydrogen-bond acceptors (Lipinski definition) is 5. The standard InChI is InChI=1S/C28H31N7/c1-19(2)17-34-18-20(16-31-34)22-9-6-7-10-23(22)26-33-24-15-21(32-27-29-13-8-14-30-27)11-12-25(24)35(26)28(3,4)5/h6-16,18-19H,17H2,1-5H3,(H,29,30,32). The molecule has 0 bridgehead atoms. The van der Waals surface area contributed by atoms with Crippen molar-refractivity contribution in [1.82, 2.24) is 29.3 Å². The smallest absolute Gasteiger partial charge is 0.227 e. The lowest BCUT2D eigenvalue weighted by Gasteiger charge is -2.25. The van der Waals surface area contributed by atoms with E-state index in [1.165, 1.54) is 0 Å². The summed E-state index contributed by atoms with van der Waals surface area (Å²) in [4.78, 5) is 13.7. The van der Waals surface area contributed by atoms with Crippen LogP contribution >= 0.6 is 0 Å². The van der Waals surface area contributed by atoms with Crippen LogP contribution in [-0.4, -0.2) is 29.3 Å². The second-order valence-electron chi connectivity index (χ2n) is 10.2. The Kier molecular flexibility index (Phi) is 5.84. The molecule has 1 N–H and O–H groups in total. The normalized spacial score (nSPS) is 11.9. The van der Waals surface area contributed by atoms with E-state index in [0.29, 0.717) is 11.9 Å². The van der Waals surface area contributed by atoms with Crippen molar-refractivity contribution in [1.29, 1.82) is 0 Å². The molecule has 2 aromatic carbocycles. The van der Waals surface area contributed by atoms with Gasteiger partial charge in [0.05, 0.1) is 17.2 Å². The molecule has 3 heterocycles. The van der Waals surface area contributed by atoms with Crippen LogP contribution in [0.1, 0.15) is 34.6 Å². The molecule has 3 aromatic heterocycles. The Morgan fingerprint density at radius 1 is 0.943 bits per heavy atom. The molecule has 0 aliphatic carbocycles. The van der Waals surface area contributed by atoms with Crippen LogP contribution in [-0.2, 0) is 12.1 Å². The van der Waals surface area contributed by atoms with Gasteiger partial charge in [0.15, 0.2) is 0 Å². The van der Waals surface area contributed by atoms with Crippen molar-refractivity contribution in [3.63, 3.8) is 0 Å². The van der Waals surface area contributed by atoms with Crippen LogP contribution < -0.4 is 5.32 Å². The number of imidazole rings is 1. The average molecular weight is 466 g/mol. The van der Waals surface area contributed by atoms with Gasteiger partial charge in [0.2, 0.25) is 5.95 Å². The Labute approximate surface area is 205 Å². The molecule has 7 heteroatoms. The van der Waals surface area contributed by atoms with Crippen LogP contribution in [0.15, 0.2) is 73.3 Å². The first kappa shape index (κ1) is 22.8. The van der Waals surface area contributed by atoms with Crippen LogP contribution in [0.25, 0.3) is 33.5 Å². The molecule has 0 spiro atoms. The highest BCUT2D eigenvalue weighted by Crippen LogP contribution is 2.37. The van der Waals surface area contributed by atoms with Gasteiger partial charge >= 0.3 is 0 Å². The minimum Gasteiger partial charge on any atom is -0.324 e. The van der Waals surface area contributed by atoms with Crippen molar-refractivity contribution in [2.45, 2.75) is 46.7 Å². The average Bonchev–Trinajstić information content (AvgIpc) is 3.43. The molecule has 35 heavy (non-hydrogen) atoms.